The van der Waals surface area contributed by atoms with E-state index < -0.39 is 11.9 Å². The number of benzene rings is 1. The average Bonchev–Trinajstić information content (AvgIpc) is 2.29. The van der Waals surface area contributed by atoms with Gasteiger partial charge in [0.1, 0.15) is 5.82 Å². The number of rotatable bonds is 1. The fourth-order valence-electron chi connectivity index (χ4n) is 1.70. The van der Waals surface area contributed by atoms with Crippen LogP contribution in [0, 0.1) is 5.82 Å². The molecule has 1 aliphatic rings. The molecule has 1 amide bonds. The van der Waals surface area contributed by atoms with Crippen LogP contribution in [0.2, 0.25) is 0 Å². The van der Waals surface area contributed by atoms with E-state index in [1.54, 1.807) is 0 Å². The maximum Gasteiger partial charge on any atom is 0.411 e. The molecule has 1 heterocycles. The smallest absolute Gasteiger partial charge is 0.411 e. The van der Waals surface area contributed by atoms with Crippen LogP contribution in [0.3, 0.4) is 0 Å². The maximum atomic E-state index is 12.8. The minimum atomic E-state index is -1.12. The third-order valence-corrected chi connectivity index (χ3v) is 2.54. The molecule has 17 heavy (non-hydrogen) atoms. The highest BCUT2D eigenvalue weighted by Gasteiger charge is 2.24. The van der Waals surface area contributed by atoms with Gasteiger partial charge in [0.2, 0.25) is 0 Å². The summed E-state index contributed by atoms with van der Waals surface area (Å²) in [6, 6.07) is 5.37. The molecule has 1 N–H and O–H groups in total. The number of hydrogen-bond acceptors (Lipinski definition) is 2. The monoisotopic (exact) mass is 235 g/mol. The molecule has 0 radical (unpaired) electrons. The molecule has 0 bridgehead atoms. The first-order valence-corrected chi connectivity index (χ1v) is 5.09. The highest BCUT2D eigenvalue weighted by Crippen LogP contribution is 2.23. The predicted molar refractivity (Wildman–Crippen MR) is 58.7 cm³/mol. The normalized spacial score (nSPS) is 15.7. The molecule has 1 aliphatic heterocycles. The third-order valence-electron chi connectivity index (χ3n) is 2.54. The lowest BCUT2D eigenvalue weighted by Crippen LogP contribution is -2.33. The van der Waals surface area contributed by atoms with Gasteiger partial charge in [0.25, 0.3) is 0 Å². The van der Waals surface area contributed by atoms with E-state index in [1.165, 1.54) is 30.3 Å². The SMILES string of the molecule is O=C1C=C(c2ccc(F)cc2)N(C(=O)O)CC1. The van der Waals surface area contributed by atoms with Crippen LogP contribution in [0.4, 0.5) is 9.18 Å². The van der Waals surface area contributed by atoms with Gasteiger partial charge in [0.15, 0.2) is 5.78 Å². The quantitative estimate of drug-likeness (QED) is 0.811. The van der Waals surface area contributed by atoms with Crippen LogP contribution < -0.4 is 0 Å². The first-order valence-electron chi connectivity index (χ1n) is 5.09. The molecule has 0 spiro atoms. The highest BCUT2D eigenvalue weighted by atomic mass is 19.1. The Labute approximate surface area is 97.0 Å². The molecule has 0 aliphatic carbocycles. The summed E-state index contributed by atoms with van der Waals surface area (Å²) < 4.78 is 12.8. The van der Waals surface area contributed by atoms with Gasteiger partial charge in [-0.25, -0.2) is 9.18 Å². The zero-order valence-electron chi connectivity index (χ0n) is 8.89. The molecule has 0 unspecified atom stereocenters. The molecule has 0 saturated heterocycles. The van der Waals surface area contributed by atoms with Crippen molar-refractivity contribution >= 4 is 17.6 Å². The summed E-state index contributed by atoms with van der Waals surface area (Å²) >= 11 is 0. The number of halogens is 1. The Morgan fingerprint density at radius 3 is 2.53 bits per heavy atom. The van der Waals surface area contributed by atoms with Gasteiger partial charge in [-0.1, -0.05) is 0 Å². The molecular weight excluding hydrogens is 225 g/mol. The van der Waals surface area contributed by atoms with Crippen molar-refractivity contribution in [2.24, 2.45) is 0 Å². The summed E-state index contributed by atoms with van der Waals surface area (Å²) in [5, 5.41) is 9.01. The predicted octanol–water partition coefficient (Wildman–Crippen LogP) is 2.12. The summed E-state index contributed by atoms with van der Waals surface area (Å²) in [6.45, 7) is 0.136. The second kappa shape index (κ2) is 4.37. The molecule has 0 fully saturated rings. The van der Waals surface area contributed by atoms with Gasteiger partial charge in [-0.2, -0.15) is 0 Å². The summed E-state index contributed by atoms with van der Waals surface area (Å²) in [4.78, 5) is 23.4. The van der Waals surface area contributed by atoms with Crippen LogP contribution in [-0.4, -0.2) is 28.4 Å². The Hall–Kier alpha value is -2.17. The van der Waals surface area contributed by atoms with Crippen LogP contribution in [0.25, 0.3) is 5.70 Å². The first-order chi connectivity index (χ1) is 8.08. The van der Waals surface area contributed by atoms with Crippen molar-refractivity contribution in [3.05, 3.63) is 41.7 Å². The molecule has 0 aromatic heterocycles. The number of allylic oxidation sites excluding steroid dienone is 1. The Bertz CT molecular complexity index is 493. The van der Waals surface area contributed by atoms with Crippen molar-refractivity contribution in [2.75, 3.05) is 6.54 Å². The van der Waals surface area contributed by atoms with Crippen LogP contribution in [0.15, 0.2) is 30.3 Å². The Morgan fingerprint density at radius 2 is 1.94 bits per heavy atom. The van der Waals surface area contributed by atoms with E-state index in [1.807, 2.05) is 0 Å². The minimum absolute atomic E-state index is 0.123. The van der Waals surface area contributed by atoms with Crippen molar-refractivity contribution < 1.29 is 19.1 Å². The molecule has 4 nitrogen and oxygen atoms in total. The molecule has 88 valence electrons. The lowest BCUT2D eigenvalue weighted by atomic mass is 10.0. The minimum Gasteiger partial charge on any atom is -0.465 e. The second-order valence-electron chi connectivity index (χ2n) is 3.69. The van der Waals surface area contributed by atoms with Crippen molar-refractivity contribution in [1.82, 2.24) is 4.90 Å². The van der Waals surface area contributed by atoms with Gasteiger partial charge in [-0.15, -0.1) is 0 Å². The standard InChI is InChI=1S/C12H10FNO3/c13-9-3-1-8(2-4-9)11-7-10(15)5-6-14(11)12(16)17/h1-4,7H,5-6H2,(H,16,17). The van der Waals surface area contributed by atoms with Gasteiger partial charge in [0.05, 0.1) is 5.70 Å². The molecule has 1 aromatic rings. The van der Waals surface area contributed by atoms with E-state index in [0.717, 1.165) is 4.90 Å². The van der Waals surface area contributed by atoms with E-state index in [4.69, 9.17) is 5.11 Å². The molecule has 2 rings (SSSR count). The van der Waals surface area contributed by atoms with Crippen LogP contribution in [0.1, 0.15) is 12.0 Å². The zero-order valence-corrected chi connectivity index (χ0v) is 8.89. The fourth-order valence-corrected chi connectivity index (χ4v) is 1.70. The summed E-state index contributed by atoms with van der Waals surface area (Å²) in [7, 11) is 0. The van der Waals surface area contributed by atoms with Gasteiger partial charge in [-0.05, 0) is 29.8 Å². The number of amides is 1. The number of ketones is 1. The molecule has 5 heteroatoms. The summed E-state index contributed by atoms with van der Waals surface area (Å²) in [5.74, 6) is -0.528. The Balaban J connectivity index is 2.42. The van der Waals surface area contributed by atoms with Crippen LogP contribution >= 0.6 is 0 Å². The highest BCUT2D eigenvalue weighted by molar-refractivity contribution is 6.00. The number of nitrogens with zero attached hydrogens (tertiary/aromatic N) is 1. The summed E-state index contributed by atoms with van der Waals surface area (Å²) in [5.41, 5.74) is 0.815. The van der Waals surface area contributed by atoms with Crippen molar-refractivity contribution in [3.8, 4) is 0 Å². The summed E-state index contributed by atoms with van der Waals surface area (Å²) in [6.07, 6.45) is 0.343. The van der Waals surface area contributed by atoms with Crippen LogP contribution in [0.5, 0.6) is 0 Å². The zero-order chi connectivity index (χ0) is 12.4. The topological polar surface area (TPSA) is 57.6 Å². The van der Waals surface area contributed by atoms with Crippen molar-refractivity contribution in [2.45, 2.75) is 6.42 Å². The molecular formula is C12H10FNO3. The van der Waals surface area contributed by atoms with E-state index in [2.05, 4.69) is 0 Å². The van der Waals surface area contributed by atoms with E-state index in [9.17, 15) is 14.0 Å². The fraction of sp³-hybridized carbons (Fsp3) is 0.167. The number of carboxylic acid groups (broad SMARTS) is 1. The van der Waals surface area contributed by atoms with Gasteiger partial charge in [0, 0.05) is 19.0 Å². The van der Waals surface area contributed by atoms with E-state index in [0.29, 0.717) is 11.3 Å². The largest absolute Gasteiger partial charge is 0.465 e. The average molecular weight is 235 g/mol. The molecule has 0 saturated carbocycles. The van der Waals surface area contributed by atoms with Crippen molar-refractivity contribution in [1.29, 1.82) is 0 Å². The van der Waals surface area contributed by atoms with Gasteiger partial charge < -0.3 is 5.11 Å². The number of carbonyl (C=O) groups is 2. The lowest BCUT2D eigenvalue weighted by molar-refractivity contribution is -0.115. The lowest BCUT2D eigenvalue weighted by Gasteiger charge is -2.25. The number of hydrogen-bond donors (Lipinski definition) is 1. The van der Waals surface area contributed by atoms with Crippen LogP contribution in [-0.2, 0) is 4.79 Å². The molecule has 1 aromatic carbocycles. The molecule has 0 atom stereocenters. The first kappa shape index (κ1) is 11.3. The van der Waals surface area contributed by atoms with Gasteiger partial charge >= 0.3 is 6.09 Å². The van der Waals surface area contributed by atoms with Gasteiger partial charge in [-0.3, -0.25) is 9.69 Å². The van der Waals surface area contributed by atoms with E-state index in [-0.39, 0.29) is 18.7 Å². The second-order valence-corrected chi connectivity index (χ2v) is 3.69. The Kier molecular flexibility index (Phi) is 2.91. The Morgan fingerprint density at radius 1 is 1.29 bits per heavy atom. The maximum absolute atomic E-state index is 12.8. The number of carbonyl (C=O) groups excluding carboxylic acids is 1. The van der Waals surface area contributed by atoms with Crippen molar-refractivity contribution in [3.63, 3.8) is 0 Å². The van der Waals surface area contributed by atoms with E-state index >= 15 is 0 Å². The third kappa shape index (κ3) is 2.33.